The van der Waals surface area contributed by atoms with Crippen LogP contribution in [0, 0.1) is 6.92 Å². The van der Waals surface area contributed by atoms with Crippen LogP contribution >= 0.6 is 12.2 Å². The van der Waals surface area contributed by atoms with Gasteiger partial charge in [-0.1, -0.05) is 24.4 Å². The molecule has 18 heavy (non-hydrogen) atoms. The van der Waals surface area contributed by atoms with E-state index in [0.717, 1.165) is 11.1 Å². The number of hydrogen-bond donors (Lipinski definition) is 1. The monoisotopic (exact) mass is 285 g/mol. The lowest BCUT2D eigenvalue weighted by Gasteiger charge is -2.15. The third-order valence-electron chi connectivity index (χ3n) is 2.96. The quantitative estimate of drug-likeness (QED) is 0.845. The first-order chi connectivity index (χ1) is 8.37. The SMILES string of the molecule is Cc1ccc(C(N)=S)cc1OC1CCS(=O)(=O)C1. The molecule has 2 rings (SSSR count). The van der Waals surface area contributed by atoms with Crippen LogP contribution in [-0.4, -0.2) is 31.0 Å². The van der Waals surface area contributed by atoms with Gasteiger partial charge in [-0.15, -0.1) is 0 Å². The Hall–Kier alpha value is -1.14. The molecular weight excluding hydrogens is 270 g/mol. The zero-order valence-electron chi connectivity index (χ0n) is 10.0. The summed E-state index contributed by atoms with van der Waals surface area (Å²) in [6.45, 7) is 1.90. The molecule has 98 valence electrons. The fraction of sp³-hybridized carbons (Fsp3) is 0.417. The number of nitrogens with two attached hydrogens (primary N) is 1. The highest BCUT2D eigenvalue weighted by Gasteiger charge is 2.29. The molecule has 0 aliphatic carbocycles. The van der Waals surface area contributed by atoms with E-state index in [9.17, 15) is 8.42 Å². The molecule has 4 nitrogen and oxygen atoms in total. The molecule has 0 spiro atoms. The van der Waals surface area contributed by atoms with Gasteiger partial charge < -0.3 is 10.5 Å². The van der Waals surface area contributed by atoms with E-state index in [0.29, 0.717) is 17.2 Å². The first-order valence-corrected chi connectivity index (χ1v) is 7.88. The lowest BCUT2D eigenvalue weighted by Crippen LogP contribution is -2.18. The lowest BCUT2D eigenvalue weighted by molar-refractivity contribution is 0.227. The highest BCUT2D eigenvalue weighted by Crippen LogP contribution is 2.24. The fourth-order valence-corrected chi connectivity index (χ4v) is 3.63. The zero-order chi connectivity index (χ0) is 13.3. The zero-order valence-corrected chi connectivity index (χ0v) is 11.7. The number of ether oxygens (including phenoxy) is 1. The van der Waals surface area contributed by atoms with E-state index < -0.39 is 9.84 Å². The van der Waals surface area contributed by atoms with Crippen LogP contribution in [0.25, 0.3) is 0 Å². The summed E-state index contributed by atoms with van der Waals surface area (Å²) in [4.78, 5) is 0.305. The van der Waals surface area contributed by atoms with E-state index in [-0.39, 0.29) is 17.6 Å². The highest BCUT2D eigenvalue weighted by atomic mass is 32.2. The summed E-state index contributed by atoms with van der Waals surface area (Å²) in [6, 6.07) is 5.46. The minimum atomic E-state index is -2.93. The van der Waals surface area contributed by atoms with Gasteiger partial charge in [0, 0.05) is 5.56 Å². The third kappa shape index (κ3) is 3.00. The van der Waals surface area contributed by atoms with Crippen LogP contribution in [0.4, 0.5) is 0 Å². The molecule has 0 bridgehead atoms. The summed E-state index contributed by atoms with van der Waals surface area (Å²) in [5, 5.41) is 0. The van der Waals surface area contributed by atoms with Crippen LogP contribution in [0.15, 0.2) is 18.2 Å². The Morgan fingerprint density at radius 2 is 2.22 bits per heavy atom. The van der Waals surface area contributed by atoms with Crippen molar-refractivity contribution in [2.45, 2.75) is 19.4 Å². The van der Waals surface area contributed by atoms with E-state index >= 15 is 0 Å². The van der Waals surface area contributed by atoms with Gasteiger partial charge in [0.2, 0.25) is 0 Å². The first-order valence-electron chi connectivity index (χ1n) is 5.65. The van der Waals surface area contributed by atoms with Crippen molar-refractivity contribution in [1.82, 2.24) is 0 Å². The Morgan fingerprint density at radius 3 is 2.78 bits per heavy atom. The van der Waals surface area contributed by atoms with Gasteiger partial charge in [0.05, 0.1) is 11.5 Å². The molecule has 0 radical (unpaired) electrons. The summed E-state index contributed by atoms with van der Waals surface area (Å²) >= 11 is 4.91. The molecule has 1 aromatic carbocycles. The van der Waals surface area contributed by atoms with Crippen LogP contribution in [-0.2, 0) is 9.84 Å². The molecule has 1 atom stereocenters. The van der Waals surface area contributed by atoms with E-state index in [2.05, 4.69) is 0 Å². The smallest absolute Gasteiger partial charge is 0.154 e. The molecule has 0 aromatic heterocycles. The van der Waals surface area contributed by atoms with E-state index in [1.807, 2.05) is 19.1 Å². The Morgan fingerprint density at radius 1 is 1.50 bits per heavy atom. The molecule has 1 fully saturated rings. The largest absolute Gasteiger partial charge is 0.489 e. The number of thiocarbonyl (C=S) groups is 1. The second-order valence-corrected chi connectivity index (χ2v) is 7.16. The topological polar surface area (TPSA) is 69.4 Å². The lowest BCUT2D eigenvalue weighted by atomic mass is 10.1. The second-order valence-electron chi connectivity index (χ2n) is 4.49. The maximum atomic E-state index is 11.4. The van der Waals surface area contributed by atoms with E-state index in [1.165, 1.54) is 0 Å². The van der Waals surface area contributed by atoms with E-state index in [4.69, 9.17) is 22.7 Å². The number of aryl methyl sites for hydroxylation is 1. The van der Waals surface area contributed by atoms with Crippen molar-refractivity contribution in [3.63, 3.8) is 0 Å². The van der Waals surface area contributed by atoms with Gasteiger partial charge in [0.25, 0.3) is 0 Å². The standard InChI is InChI=1S/C12H15NO3S2/c1-8-2-3-9(12(13)17)6-11(8)16-10-4-5-18(14,15)7-10/h2-3,6,10H,4-5,7H2,1H3,(H2,13,17). The van der Waals surface area contributed by atoms with Crippen molar-refractivity contribution in [2.75, 3.05) is 11.5 Å². The summed E-state index contributed by atoms with van der Waals surface area (Å²) in [5.41, 5.74) is 7.24. The molecule has 1 aromatic rings. The molecule has 2 N–H and O–H groups in total. The Labute approximate surface area is 112 Å². The van der Waals surface area contributed by atoms with Crippen molar-refractivity contribution in [1.29, 1.82) is 0 Å². The maximum absolute atomic E-state index is 11.4. The summed E-state index contributed by atoms with van der Waals surface area (Å²) in [5.74, 6) is 0.942. The van der Waals surface area contributed by atoms with Gasteiger partial charge in [0.15, 0.2) is 9.84 Å². The number of rotatable bonds is 3. The van der Waals surface area contributed by atoms with Crippen molar-refractivity contribution >= 4 is 27.0 Å². The molecule has 1 unspecified atom stereocenters. The predicted molar refractivity (Wildman–Crippen MR) is 74.8 cm³/mol. The predicted octanol–water partition coefficient (Wildman–Crippen LogP) is 1.20. The Bertz CT molecular complexity index is 581. The molecule has 0 amide bonds. The fourth-order valence-electron chi connectivity index (χ4n) is 1.91. The minimum Gasteiger partial charge on any atom is -0.489 e. The summed E-state index contributed by atoms with van der Waals surface area (Å²) in [6.07, 6.45) is 0.273. The van der Waals surface area contributed by atoms with Gasteiger partial charge in [0.1, 0.15) is 16.8 Å². The molecule has 6 heteroatoms. The van der Waals surface area contributed by atoms with Crippen molar-refractivity contribution in [3.8, 4) is 5.75 Å². The van der Waals surface area contributed by atoms with Gasteiger partial charge in [-0.2, -0.15) is 0 Å². The normalized spacial score (nSPS) is 21.7. The van der Waals surface area contributed by atoms with Crippen molar-refractivity contribution in [3.05, 3.63) is 29.3 Å². The second kappa shape index (κ2) is 4.85. The van der Waals surface area contributed by atoms with Crippen molar-refractivity contribution < 1.29 is 13.2 Å². The average molecular weight is 285 g/mol. The maximum Gasteiger partial charge on any atom is 0.154 e. The number of benzene rings is 1. The Balaban J connectivity index is 2.19. The molecule has 1 heterocycles. The summed E-state index contributed by atoms with van der Waals surface area (Å²) in [7, 11) is -2.93. The van der Waals surface area contributed by atoms with Crippen LogP contribution in [0.5, 0.6) is 5.75 Å². The molecule has 1 saturated heterocycles. The minimum absolute atomic E-state index is 0.0870. The van der Waals surface area contributed by atoms with Crippen LogP contribution in [0.1, 0.15) is 17.5 Å². The van der Waals surface area contributed by atoms with Crippen molar-refractivity contribution in [2.24, 2.45) is 5.73 Å². The Kier molecular flexibility index (Phi) is 3.59. The van der Waals surface area contributed by atoms with E-state index in [1.54, 1.807) is 6.07 Å². The molecular formula is C12H15NO3S2. The molecule has 1 aliphatic rings. The molecule has 0 saturated carbocycles. The van der Waals surface area contributed by atoms with Gasteiger partial charge in [-0.05, 0) is 25.0 Å². The van der Waals surface area contributed by atoms with Crippen LogP contribution in [0.2, 0.25) is 0 Å². The first kappa shape index (κ1) is 13.3. The average Bonchev–Trinajstić information content (AvgIpc) is 2.61. The molecule has 1 aliphatic heterocycles. The van der Waals surface area contributed by atoms with Gasteiger partial charge in [-0.25, -0.2) is 8.42 Å². The third-order valence-corrected chi connectivity index (χ3v) is 4.93. The number of sulfone groups is 1. The van der Waals surface area contributed by atoms with Crippen LogP contribution < -0.4 is 10.5 Å². The summed E-state index contributed by atoms with van der Waals surface area (Å²) < 4.78 is 28.5. The van der Waals surface area contributed by atoms with Gasteiger partial charge in [-0.3, -0.25) is 0 Å². The number of hydrogen-bond acceptors (Lipinski definition) is 4. The van der Waals surface area contributed by atoms with Crippen LogP contribution in [0.3, 0.4) is 0 Å². The highest BCUT2D eigenvalue weighted by molar-refractivity contribution is 7.91. The van der Waals surface area contributed by atoms with Gasteiger partial charge >= 0.3 is 0 Å².